The molecule has 2 aromatic rings. The fraction of sp³-hybridized carbons (Fsp3) is 0.235. The topological polar surface area (TPSA) is 41.1 Å². The van der Waals surface area contributed by atoms with Crippen LogP contribution >= 0.6 is 15.9 Å². The predicted molar refractivity (Wildman–Crippen MR) is 90.1 cm³/mol. The van der Waals surface area contributed by atoms with Crippen molar-refractivity contribution in [3.63, 3.8) is 0 Å². The highest BCUT2D eigenvalue weighted by Gasteiger charge is 2.19. The van der Waals surface area contributed by atoms with Crippen molar-refractivity contribution < 1.29 is 13.6 Å². The summed E-state index contributed by atoms with van der Waals surface area (Å²) in [7, 11) is 0. The van der Waals surface area contributed by atoms with Crippen LogP contribution in [0.2, 0.25) is 0 Å². The van der Waals surface area contributed by atoms with Gasteiger partial charge in [-0.05, 0) is 38.1 Å². The summed E-state index contributed by atoms with van der Waals surface area (Å²) in [5.41, 5.74) is 0.576. The molecule has 2 unspecified atom stereocenters. The number of carbonyl (C=O) groups is 1. The quantitative estimate of drug-likeness (QED) is 0.804. The van der Waals surface area contributed by atoms with Gasteiger partial charge in [0.05, 0.1) is 11.7 Å². The zero-order valence-electron chi connectivity index (χ0n) is 12.7. The fourth-order valence-corrected chi connectivity index (χ4v) is 2.53. The molecule has 0 aliphatic carbocycles. The third-order valence-corrected chi connectivity index (χ3v) is 3.95. The normalized spacial score (nSPS) is 13.4. The molecule has 0 aliphatic heterocycles. The Morgan fingerprint density at radius 1 is 1.09 bits per heavy atom. The van der Waals surface area contributed by atoms with E-state index in [1.54, 1.807) is 38.1 Å². The molecule has 0 bridgehead atoms. The number of anilines is 1. The summed E-state index contributed by atoms with van der Waals surface area (Å²) in [6.07, 6.45) is 0. The number of rotatable bonds is 5. The largest absolute Gasteiger partial charge is 0.322 e. The highest BCUT2D eigenvalue weighted by atomic mass is 79.9. The van der Waals surface area contributed by atoms with Crippen molar-refractivity contribution in [3.05, 3.63) is 64.1 Å². The number of amides is 1. The monoisotopic (exact) mass is 382 g/mol. The standard InChI is InChI=1S/C17H17BrF2N2O/c1-10(13-5-3-4-6-14(13)19)21-11(2)17(23)22-16-8-7-12(18)9-15(16)20/h3-11,21H,1-2H3,(H,22,23). The van der Waals surface area contributed by atoms with Gasteiger partial charge in [-0.25, -0.2) is 8.78 Å². The lowest BCUT2D eigenvalue weighted by molar-refractivity contribution is -0.118. The second-order valence-electron chi connectivity index (χ2n) is 5.24. The van der Waals surface area contributed by atoms with Crippen molar-refractivity contribution in [1.29, 1.82) is 0 Å². The van der Waals surface area contributed by atoms with Crippen LogP contribution < -0.4 is 10.6 Å². The van der Waals surface area contributed by atoms with E-state index in [9.17, 15) is 13.6 Å². The van der Waals surface area contributed by atoms with Gasteiger partial charge in [-0.15, -0.1) is 0 Å². The van der Waals surface area contributed by atoms with E-state index in [4.69, 9.17) is 0 Å². The minimum Gasteiger partial charge on any atom is -0.322 e. The molecule has 1 amide bonds. The van der Waals surface area contributed by atoms with Crippen LogP contribution in [0.1, 0.15) is 25.5 Å². The average molecular weight is 383 g/mol. The molecule has 0 saturated heterocycles. The van der Waals surface area contributed by atoms with Crippen molar-refractivity contribution in [1.82, 2.24) is 5.32 Å². The summed E-state index contributed by atoms with van der Waals surface area (Å²) in [4.78, 5) is 12.2. The van der Waals surface area contributed by atoms with Crippen molar-refractivity contribution >= 4 is 27.5 Å². The Morgan fingerprint density at radius 3 is 2.43 bits per heavy atom. The first-order chi connectivity index (χ1) is 10.9. The molecular weight excluding hydrogens is 366 g/mol. The first-order valence-corrected chi connectivity index (χ1v) is 7.94. The molecule has 0 spiro atoms. The summed E-state index contributed by atoms with van der Waals surface area (Å²) >= 11 is 3.16. The number of nitrogens with one attached hydrogen (secondary N) is 2. The van der Waals surface area contributed by atoms with Crippen LogP contribution in [0.25, 0.3) is 0 Å². The van der Waals surface area contributed by atoms with Gasteiger partial charge in [0.1, 0.15) is 11.6 Å². The predicted octanol–water partition coefficient (Wildman–Crippen LogP) is 4.41. The van der Waals surface area contributed by atoms with Gasteiger partial charge in [0.2, 0.25) is 5.91 Å². The molecule has 0 fully saturated rings. The highest BCUT2D eigenvalue weighted by molar-refractivity contribution is 9.10. The van der Waals surface area contributed by atoms with Crippen molar-refractivity contribution in [2.75, 3.05) is 5.32 Å². The van der Waals surface area contributed by atoms with Crippen molar-refractivity contribution in [3.8, 4) is 0 Å². The lowest BCUT2D eigenvalue weighted by Crippen LogP contribution is -2.39. The van der Waals surface area contributed by atoms with Gasteiger partial charge in [-0.2, -0.15) is 0 Å². The molecule has 6 heteroatoms. The van der Waals surface area contributed by atoms with E-state index >= 15 is 0 Å². The zero-order chi connectivity index (χ0) is 17.0. The highest BCUT2D eigenvalue weighted by Crippen LogP contribution is 2.20. The Hall–Kier alpha value is -1.79. The summed E-state index contributed by atoms with van der Waals surface area (Å²) in [6.45, 7) is 3.41. The summed E-state index contributed by atoms with van der Waals surface area (Å²) in [5.74, 6) is -1.25. The maximum atomic E-state index is 13.7. The second-order valence-corrected chi connectivity index (χ2v) is 6.16. The van der Waals surface area contributed by atoms with Gasteiger partial charge in [-0.1, -0.05) is 34.1 Å². The summed E-state index contributed by atoms with van der Waals surface area (Å²) < 4.78 is 28.1. The number of benzene rings is 2. The molecule has 0 aromatic heterocycles. The van der Waals surface area contributed by atoms with E-state index in [-0.39, 0.29) is 17.5 Å². The SMILES string of the molecule is CC(NC(C)c1ccccc1F)C(=O)Nc1ccc(Br)cc1F. The Labute approximate surface area is 142 Å². The molecule has 122 valence electrons. The molecule has 0 saturated carbocycles. The Bertz CT molecular complexity index is 709. The van der Waals surface area contributed by atoms with Crippen molar-refractivity contribution in [2.45, 2.75) is 25.9 Å². The van der Waals surface area contributed by atoms with Crippen LogP contribution in [-0.2, 0) is 4.79 Å². The molecule has 2 rings (SSSR count). The van der Waals surface area contributed by atoms with Crippen LogP contribution in [-0.4, -0.2) is 11.9 Å². The molecule has 0 aliphatic rings. The van der Waals surface area contributed by atoms with Crippen LogP contribution in [0.4, 0.5) is 14.5 Å². The lowest BCUT2D eigenvalue weighted by Gasteiger charge is -2.20. The van der Waals surface area contributed by atoms with E-state index < -0.39 is 17.8 Å². The van der Waals surface area contributed by atoms with E-state index in [1.807, 2.05) is 0 Å². The Morgan fingerprint density at radius 2 is 1.78 bits per heavy atom. The molecule has 2 N–H and O–H groups in total. The van der Waals surface area contributed by atoms with Crippen LogP contribution in [0, 0.1) is 11.6 Å². The number of carbonyl (C=O) groups excluding carboxylic acids is 1. The first kappa shape index (κ1) is 17.6. The van der Waals surface area contributed by atoms with Gasteiger partial charge in [-0.3, -0.25) is 10.1 Å². The summed E-state index contributed by atoms with van der Waals surface area (Å²) in [5, 5.41) is 5.52. The van der Waals surface area contributed by atoms with Crippen LogP contribution in [0.5, 0.6) is 0 Å². The van der Waals surface area contributed by atoms with Gasteiger partial charge >= 0.3 is 0 Å². The maximum absolute atomic E-state index is 13.7. The van der Waals surface area contributed by atoms with E-state index in [0.29, 0.717) is 10.0 Å². The molecule has 2 atom stereocenters. The molecule has 23 heavy (non-hydrogen) atoms. The fourth-order valence-electron chi connectivity index (χ4n) is 2.20. The molecule has 0 radical (unpaired) electrons. The lowest BCUT2D eigenvalue weighted by atomic mass is 10.1. The third kappa shape index (κ3) is 4.59. The zero-order valence-corrected chi connectivity index (χ0v) is 14.3. The average Bonchev–Trinajstić information content (AvgIpc) is 2.50. The first-order valence-electron chi connectivity index (χ1n) is 7.15. The minimum absolute atomic E-state index is 0.102. The molecule has 3 nitrogen and oxygen atoms in total. The van der Waals surface area contributed by atoms with E-state index in [0.717, 1.165) is 0 Å². The van der Waals surface area contributed by atoms with Gasteiger partial charge in [0.15, 0.2) is 0 Å². The minimum atomic E-state index is -0.618. The number of hydrogen-bond acceptors (Lipinski definition) is 2. The Balaban J connectivity index is 2.01. The van der Waals surface area contributed by atoms with Gasteiger partial charge in [0.25, 0.3) is 0 Å². The Kier molecular flexibility index (Phi) is 5.85. The van der Waals surface area contributed by atoms with Crippen LogP contribution in [0.15, 0.2) is 46.9 Å². The second kappa shape index (κ2) is 7.66. The van der Waals surface area contributed by atoms with E-state index in [1.165, 1.54) is 18.2 Å². The van der Waals surface area contributed by atoms with Crippen molar-refractivity contribution in [2.24, 2.45) is 0 Å². The van der Waals surface area contributed by atoms with Crippen LogP contribution in [0.3, 0.4) is 0 Å². The van der Waals surface area contributed by atoms with Gasteiger partial charge < -0.3 is 5.32 Å². The van der Waals surface area contributed by atoms with E-state index in [2.05, 4.69) is 26.6 Å². The molecular formula is C17H17BrF2N2O. The number of hydrogen-bond donors (Lipinski definition) is 2. The molecule has 0 heterocycles. The van der Waals surface area contributed by atoms with Gasteiger partial charge in [0, 0.05) is 16.1 Å². The smallest absolute Gasteiger partial charge is 0.241 e. The number of halogens is 3. The molecule has 2 aromatic carbocycles. The summed E-state index contributed by atoms with van der Waals surface area (Å²) in [6, 6.07) is 9.79. The maximum Gasteiger partial charge on any atom is 0.241 e. The third-order valence-electron chi connectivity index (χ3n) is 3.45.